The van der Waals surface area contributed by atoms with Gasteiger partial charge in [0.05, 0.1) is 48.8 Å². The molecule has 4 atom stereocenters. The van der Waals surface area contributed by atoms with Crippen molar-refractivity contribution in [3.8, 4) is 11.6 Å². The number of aliphatic hydroxyl groups is 1. The summed E-state index contributed by atoms with van der Waals surface area (Å²) in [6, 6.07) is 7.06. The van der Waals surface area contributed by atoms with Crippen LogP contribution in [0.3, 0.4) is 0 Å². The summed E-state index contributed by atoms with van der Waals surface area (Å²) in [5.74, 6) is -1.66. The minimum absolute atomic E-state index is 0.128. The molecule has 1 aromatic carbocycles. The van der Waals surface area contributed by atoms with Crippen molar-refractivity contribution >= 4 is 34.7 Å². The van der Waals surface area contributed by atoms with Crippen molar-refractivity contribution in [3.05, 3.63) is 41.6 Å². The van der Waals surface area contributed by atoms with Gasteiger partial charge < -0.3 is 24.6 Å². The van der Waals surface area contributed by atoms with Crippen LogP contribution in [-0.4, -0.2) is 72.0 Å². The molecule has 0 bridgehead atoms. The van der Waals surface area contributed by atoms with Crippen LogP contribution in [0, 0.1) is 11.8 Å². The quantitative estimate of drug-likeness (QED) is 0.497. The van der Waals surface area contributed by atoms with Gasteiger partial charge in [-0.15, -0.1) is 0 Å². The Hall–Kier alpha value is -3.25. The number of rotatable bonds is 8. The van der Waals surface area contributed by atoms with Gasteiger partial charge in [-0.1, -0.05) is 18.5 Å². The van der Waals surface area contributed by atoms with E-state index in [1.54, 1.807) is 30.3 Å². The minimum Gasteiger partial charge on any atom is -0.490 e. The van der Waals surface area contributed by atoms with Crippen molar-refractivity contribution in [2.24, 2.45) is 16.9 Å². The van der Waals surface area contributed by atoms with Crippen molar-refractivity contribution in [3.63, 3.8) is 0 Å². The van der Waals surface area contributed by atoms with Crippen LogP contribution in [0.2, 0.25) is 5.02 Å². The lowest BCUT2D eigenvalue weighted by atomic mass is 9.94. The van der Waals surface area contributed by atoms with Crippen LogP contribution in [0.25, 0.3) is 0 Å². The first kappa shape index (κ1) is 27.8. The first-order valence-corrected chi connectivity index (χ1v) is 12.4. The number of nitrogens with zero attached hydrogens (tertiary/aromatic N) is 4. The number of halogens is 4. The Kier molecular flexibility index (Phi) is 8.22. The zero-order chi connectivity index (χ0) is 27.6. The average molecular weight is 557 g/mol. The molecule has 9 nitrogen and oxygen atoms in total. The van der Waals surface area contributed by atoms with E-state index < -0.39 is 36.2 Å². The van der Waals surface area contributed by atoms with E-state index in [0.717, 1.165) is 10.7 Å². The summed E-state index contributed by atoms with van der Waals surface area (Å²) in [6.07, 6.45) is -3.37. The van der Waals surface area contributed by atoms with Crippen LogP contribution >= 0.6 is 11.6 Å². The molecule has 0 amide bonds. The number of benzene rings is 1. The molecule has 1 fully saturated rings. The number of hydrazone groups is 1. The first-order valence-electron chi connectivity index (χ1n) is 12.0. The van der Waals surface area contributed by atoms with Gasteiger partial charge in [-0.2, -0.15) is 18.3 Å². The fourth-order valence-corrected chi connectivity index (χ4v) is 5.08. The first-order chi connectivity index (χ1) is 18.0. The number of carbonyl (C=O) groups is 1. The van der Waals surface area contributed by atoms with Crippen LogP contribution < -0.4 is 19.4 Å². The number of hydrogen-bond donors (Lipinski definition) is 2. The van der Waals surface area contributed by atoms with E-state index >= 15 is 0 Å². The van der Waals surface area contributed by atoms with Crippen LogP contribution in [0.1, 0.15) is 19.8 Å². The summed E-state index contributed by atoms with van der Waals surface area (Å²) >= 11 is 6.33. The Morgan fingerprint density at radius 3 is 2.58 bits per heavy atom. The van der Waals surface area contributed by atoms with E-state index in [1.165, 1.54) is 20.2 Å². The maximum Gasteiger partial charge on any atom is 0.431 e. The van der Waals surface area contributed by atoms with E-state index in [-0.39, 0.29) is 18.6 Å². The normalized spacial score (nSPS) is 23.8. The lowest BCUT2D eigenvalue weighted by molar-refractivity contribution is -0.137. The Morgan fingerprint density at radius 2 is 1.97 bits per heavy atom. The second-order valence-electron chi connectivity index (χ2n) is 9.29. The van der Waals surface area contributed by atoms with Gasteiger partial charge in [0.15, 0.2) is 0 Å². The third kappa shape index (κ3) is 5.91. The van der Waals surface area contributed by atoms with Crippen molar-refractivity contribution in [2.75, 3.05) is 36.7 Å². The highest BCUT2D eigenvalue weighted by Gasteiger charge is 2.48. The molecular weight excluding hydrogens is 529 g/mol. The van der Waals surface area contributed by atoms with Crippen LogP contribution in [-0.2, 0) is 4.79 Å². The zero-order valence-corrected chi connectivity index (χ0v) is 21.5. The molecule has 3 heterocycles. The van der Waals surface area contributed by atoms with Gasteiger partial charge in [-0.05, 0) is 24.3 Å². The number of piperidine rings is 1. The maximum atomic E-state index is 13.4. The fraction of sp³-hybridized carbons (Fsp3) is 0.480. The van der Waals surface area contributed by atoms with Crippen molar-refractivity contribution in [2.45, 2.75) is 38.1 Å². The Labute approximate surface area is 222 Å². The number of alkyl halides is 3. The van der Waals surface area contributed by atoms with Crippen molar-refractivity contribution in [1.29, 1.82) is 0 Å². The second-order valence-corrected chi connectivity index (χ2v) is 9.69. The fourth-order valence-electron chi connectivity index (χ4n) is 4.86. The molecule has 0 saturated carbocycles. The van der Waals surface area contributed by atoms with Gasteiger partial charge >= 0.3 is 12.1 Å². The highest BCUT2D eigenvalue weighted by Crippen LogP contribution is 2.37. The van der Waals surface area contributed by atoms with Crippen LogP contribution in [0.5, 0.6) is 11.6 Å². The SMILES string of the molecule is COc1cc(N2CC[C@@H](Oc3ccc(N4N=C(C(F)(F)F)[C@@H](C)[C@@H]4CC(=O)O)cc3)[C@H](CO)C2)c(Cl)cn1. The number of hydrogen-bond acceptors (Lipinski definition) is 8. The molecular formula is C25H28ClF3N4O5. The molecule has 1 saturated heterocycles. The summed E-state index contributed by atoms with van der Waals surface area (Å²) in [7, 11) is 1.51. The molecule has 0 radical (unpaired) electrons. The van der Waals surface area contributed by atoms with Gasteiger partial charge in [-0.3, -0.25) is 9.80 Å². The summed E-state index contributed by atoms with van der Waals surface area (Å²) in [5, 5.41) is 24.6. The number of aliphatic carboxylic acids is 1. The molecule has 2 aliphatic rings. The minimum atomic E-state index is -4.66. The number of methoxy groups -OCH3 is 1. The zero-order valence-electron chi connectivity index (χ0n) is 20.7. The van der Waals surface area contributed by atoms with Crippen molar-refractivity contribution in [1.82, 2.24) is 4.98 Å². The van der Waals surface area contributed by atoms with Crippen LogP contribution in [0.15, 0.2) is 41.6 Å². The Bertz CT molecular complexity index is 1180. The summed E-state index contributed by atoms with van der Waals surface area (Å²) < 4.78 is 51.6. The molecule has 1 aromatic heterocycles. The predicted octanol–water partition coefficient (Wildman–Crippen LogP) is 4.23. The molecule has 2 aromatic rings. The van der Waals surface area contributed by atoms with Crippen LogP contribution in [0.4, 0.5) is 24.5 Å². The molecule has 13 heteroatoms. The number of ether oxygens (including phenoxy) is 2. The number of pyridine rings is 1. The smallest absolute Gasteiger partial charge is 0.431 e. The van der Waals surface area contributed by atoms with E-state index in [0.29, 0.717) is 41.8 Å². The summed E-state index contributed by atoms with van der Waals surface area (Å²) in [5.41, 5.74) is 0.0624. The summed E-state index contributed by atoms with van der Waals surface area (Å²) in [6.45, 7) is 2.28. The third-order valence-corrected chi connectivity index (χ3v) is 7.15. The highest BCUT2D eigenvalue weighted by atomic mass is 35.5. The van der Waals surface area contributed by atoms with Gasteiger partial charge in [-0.25, -0.2) is 4.98 Å². The average Bonchev–Trinajstić information content (AvgIpc) is 3.21. The van der Waals surface area contributed by atoms with Gasteiger partial charge in [0.1, 0.15) is 17.6 Å². The number of carboxylic acids is 1. The largest absolute Gasteiger partial charge is 0.490 e. The number of aliphatic hydroxyl groups excluding tert-OH is 1. The Balaban J connectivity index is 1.47. The van der Waals surface area contributed by atoms with E-state index in [9.17, 15) is 28.2 Å². The van der Waals surface area contributed by atoms with Gasteiger partial charge in [0.25, 0.3) is 0 Å². The molecule has 206 valence electrons. The van der Waals surface area contributed by atoms with Crippen molar-refractivity contribution < 1.29 is 37.7 Å². The third-order valence-electron chi connectivity index (χ3n) is 6.86. The topological polar surface area (TPSA) is 108 Å². The molecule has 0 aliphatic carbocycles. The standard InChI is InChI=1S/C25H28ClF3N4O5/c1-14-19(10-23(35)36)33(31-24(14)25(27,28)29)16-3-5-17(6-4-16)38-21-7-8-32(12-15(21)13-34)20-9-22(37-2)30-11-18(20)26/h3-6,9,11,14-15,19,21,34H,7-8,10,12-13H2,1-2H3,(H,35,36)/t14-,15-,19-,21+/m0/s1. The summed E-state index contributed by atoms with van der Waals surface area (Å²) in [4.78, 5) is 17.4. The van der Waals surface area contributed by atoms with E-state index in [2.05, 4.69) is 10.1 Å². The Morgan fingerprint density at radius 1 is 1.26 bits per heavy atom. The second kappa shape index (κ2) is 11.2. The van der Waals surface area contributed by atoms with Gasteiger partial charge in [0, 0.05) is 37.4 Å². The predicted molar refractivity (Wildman–Crippen MR) is 135 cm³/mol. The lowest BCUT2D eigenvalue weighted by Crippen LogP contribution is -2.47. The molecule has 38 heavy (non-hydrogen) atoms. The lowest BCUT2D eigenvalue weighted by Gasteiger charge is -2.39. The van der Waals surface area contributed by atoms with E-state index in [4.69, 9.17) is 21.1 Å². The number of aromatic nitrogens is 1. The van der Waals surface area contributed by atoms with Gasteiger partial charge in [0.2, 0.25) is 5.88 Å². The van der Waals surface area contributed by atoms with E-state index in [1.807, 2.05) is 4.90 Å². The highest BCUT2D eigenvalue weighted by molar-refractivity contribution is 6.33. The maximum absolute atomic E-state index is 13.4. The number of anilines is 2. The molecule has 2 aliphatic heterocycles. The molecule has 4 rings (SSSR count). The molecule has 0 unspecified atom stereocenters. The molecule has 2 N–H and O–H groups in total. The molecule has 0 spiro atoms. The monoisotopic (exact) mass is 556 g/mol. The number of carboxylic acid groups (broad SMARTS) is 1.